The number of carbonyl (C=O) groups excluding carboxylic acids is 1. The normalized spacial score (nSPS) is 23.7. The molecule has 162 valence electrons. The highest BCUT2D eigenvalue weighted by Gasteiger charge is 2.34. The number of aryl methyl sites for hydroxylation is 1. The van der Waals surface area contributed by atoms with Gasteiger partial charge in [-0.2, -0.15) is 0 Å². The lowest BCUT2D eigenvalue weighted by molar-refractivity contribution is -0.125. The zero-order valence-corrected chi connectivity index (χ0v) is 18.0. The Labute approximate surface area is 181 Å². The maximum atomic E-state index is 12.9. The van der Waals surface area contributed by atoms with Gasteiger partial charge in [-0.15, -0.1) is 5.10 Å². The third-order valence-corrected chi connectivity index (χ3v) is 6.65. The van der Waals surface area contributed by atoms with E-state index in [0.717, 1.165) is 47.7 Å². The quantitative estimate of drug-likeness (QED) is 0.699. The van der Waals surface area contributed by atoms with Gasteiger partial charge in [0.05, 0.1) is 31.0 Å². The summed E-state index contributed by atoms with van der Waals surface area (Å²) in [5.41, 5.74) is 3.47. The molecule has 2 aromatic heterocycles. The summed E-state index contributed by atoms with van der Waals surface area (Å²) in [6.45, 7) is 1.95. The van der Waals surface area contributed by atoms with E-state index in [1.165, 1.54) is 19.3 Å². The minimum atomic E-state index is -0.304. The summed E-state index contributed by atoms with van der Waals surface area (Å²) in [4.78, 5) is 17.2. The van der Waals surface area contributed by atoms with Crippen molar-refractivity contribution in [3.63, 3.8) is 0 Å². The first-order valence-electron chi connectivity index (χ1n) is 11.0. The molecule has 1 saturated heterocycles. The highest BCUT2D eigenvalue weighted by Crippen LogP contribution is 2.34. The molecule has 3 aromatic rings. The number of aromatic nitrogens is 5. The van der Waals surface area contributed by atoms with Crippen molar-refractivity contribution in [2.75, 3.05) is 7.11 Å². The molecule has 3 unspecified atom stereocenters. The molecule has 31 heavy (non-hydrogen) atoms. The molecular weight excluding hydrogens is 392 g/mol. The number of carbonyl (C=O) groups is 1. The molecule has 2 fully saturated rings. The van der Waals surface area contributed by atoms with Crippen LogP contribution in [0.25, 0.3) is 16.9 Å². The molecule has 0 spiro atoms. The highest BCUT2D eigenvalue weighted by atomic mass is 16.5. The van der Waals surface area contributed by atoms with Crippen LogP contribution < -0.4 is 10.1 Å². The first-order chi connectivity index (χ1) is 15.1. The maximum Gasteiger partial charge on any atom is 0.245 e. The second kappa shape index (κ2) is 8.17. The van der Waals surface area contributed by atoms with Crippen molar-refractivity contribution in [2.24, 2.45) is 5.92 Å². The van der Waals surface area contributed by atoms with Crippen molar-refractivity contribution in [1.29, 1.82) is 0 Å². The predicted molar refractivity (Wildman–Crippen MR) is 116 cm³/mol. The molecule has 0 bridgehead atoms. The van der Waals surface area contributed by atoms with E-state index in [4.69, 9.17) is 4.74 Å². The van der Waals surface area contributed by atoms with Gasteiger partial charge in [-0.3, -0.25) is 4.79 Å². The molecule has 3 atom stereocenters. The lowest BCUT2D eigenvalue weighted by atomic mass is 9.82. The summed E-state index contributed by atoms with van der Waals surface area (Å²) >= 11 is 0. The fraction of sp³-hybridized carbons (Fsp3) is 0.478. The molecule has 1 N–H and O–H groups in total. The van der Waals surface area contributed by atoms with E-state index in [1.54, 1.807) is 18.1 Å². The Hall–Kier alpha value is -3.16. The molecule has 5 rings (SSSR count). The Morgan fingerprint density at radius 1 is 1.13 bits per heavy atom. The van der Waals surface area contributed by atoms with Crippen molar-refractivity contribution < 1.29 is 9.53 Å². The van der Waals surface area contributed by atoms with Gasteiger partial charge in [0, 0.05) is 17.8 Å². The van der Waals surface area contributed by atoms with Crippen molar-refractivity contribution in [2.45, 2.75) is 57.5 Å². The second-order valence-electron chi connectivity index (χ2n) is 8.65. The number of fused-ring (bicyclic) bond motifs is 1. The number of hydrogen-bond donors (Lipinski definition) is 1. The van der Waals surface area contributed by atoms with Crippen molar-refractivity contribution in [3.8, 4) is 22.7 Å². The SMILES string of the molecule is COc1cc(-c2cn(C3CCC4CCCCC4NC3=O)nn2)ccc1-n1cnc(C)c1. The van der Waals surface area contributed by atoms with E-state index in [-0.39, 0.29) is 11.9 Å². The van der Waals surface area contributed by atoms with Crippen LogP contribution in [-0.4, -0.2) is 43.6 Å². The number of nitrogens with zero attached hydrogens (tertiary/aromatic N) is 5. The van der Waals surface area contributed by atoms with Crippen LogP contribution in [0.1, 0.15) is 50.3 Å². The Morgan fingerprint density at radius 3 is 2.81 bits per heavy atom. The topological polar surface area (TPSA) is 86.9 Å². The van der Waals surface area contributed by atoms with Gasteiger partial charge in [0.1, 0.15) is 17.5 Å². The molecule has 8 heteroatoms. The number of rotatable bonds is 4. The largest absolute Gasteiger partial charge is 0.495 e. The zero-order valence-electron chi connectivity index (χ0n) is 18.0. The summed E-state index contributed by atoms with van der Waals surface area (Å²) < 4.78 is 9.27. The molecule has 1 aliphatic heterocycles. The summed E-state index contributed by atoms with van der Waals surface area (Å²) in [5, 5.41) is 11.9. The van der Waals surface area contributed by atoms with Crippen molar-refractivity contribution in [1.82, 2.24) is 29.9 Å². The van der Waals surface area contributed by atoms with Gasteiger partial charge in [0.2, 0.25) is 5.91 Å². The molecule has 2 aliphatic rings. The molecule has 8 nitrogen and oxygen atoms in total. The van der Waals surface area contributed by atoms with E-state index >= 15 is 0 Å². The van der Waals surface area contributed by atoms with Crippen LogP contribution in [0, 0.1) is 12.8 Å². The minimum absolute atomic E-state index is 0.0641. The zero-order chi connectivity index (χ0) is 21.4. The van der Waals surface area contributed by atoms with E-state index < -0.39 is 0 Å². The van der Waals surface area contributed by atoms with Crippen LogP contribution in [0.15, 0.2) is 36.9 Å². The molecule has 1 saturated carbocycles. The molecular formula is C23H28N6O2. The fourth-order valence-corrected chi connectivity index (χ4v) is 4.94. The smallest absolute Gasteiger partial charge is 0.245 e. The van der Waals surface area contributed by atoms with Crippen LogP contribution in [-0.2, 0) is 4.79 Å². The summed E-state index contributed by atoms with van der Waals surface area (Å²) in [6, 6.07) is 5.93. The van der Waals surface area contributed by atoms with Crippen LogP contribution in [0.4, 0.5) is 0 Å². The van der Waals surface area contributed by atoms with Gasteiger partial charge in [-0.25, -0.2) is 9.67 Å². The number of amides is 1. The summed E-state index contributed by atoms with van der Waals surface area (Å²) in [6.07, 6.45) is 12.2. The summed E-state index contributed by atoms with van der Waals surface area (Å²) in [7, 11) is 1.65. The maximum absolute atomic E-state index is 12.9. The number of hydrogen-bond acceptors (Lipinski definition) is 5. The number of nitrogens with one attached hydrogen (secondary N) is 1. The van der Waals surface area contributed by atoms with Gasteiger partial charge >= 0.3 is 0 Å². The first kappa shape index (κ1) is 19.8. The summed E-state index contributed by atoms with van der Waals surface area (Å²) in [5.74, 6) is 1.38. The van der Waals surface area contributed by atoms with Gasteiger partial charge in [-0.05, 0) is 50.7 Å². The average molecular weight is 421 g/mol. The van der Waals surface area contributed by atoms with Gasteiger partial charge in [0.15, 0.2) is 0 Å². The molecule has 1 aliphatic carbocycles. The van der Waals surface area contributed by atoms with Crippen molar-refractivity contribution in [3.05, 3.63) is 42.6 Å². The molecule has 1 amide bonds. The van der Waals surface area contributed by atoms with Crippen LogP contribution in [0.2, 0.25) is 0 Å². The van der Waals surface area contributed by atoms with Gasteiger partial charge < -0.3 is 14.6 Å². The lowest BCUT2D eigenvalue weighted by Crippen LogP contribution is -2.42. The van der Waals surface area contributed by atoms with E-state index in [1.807, 2.05) is 42.1 Å². The molecule has 0 radical (unpaired) electrons. The van der Waals surface area contributed by atoms with Crippen molar-refractivity contribution >= 4 is 5.91 Å². The Morgan fingerprint density at radius 2 is 2.00 bits per heavy atom. The van der Waals surface area contributed by atoms with Gasteiger partial charge in [0.25, 0.3) is 0 Å². The third-order valence-electron chi connectivity index (χ3n) is 6.65. The average Bonchev–Trinajstić information content (AvgIpc) is 3.40. The minimum Gasteiger partial charge on any atom is -0.495 e. The molecule has 1 aromatic carbocycles. The van der Waals surface area contributed by atoms with E-state index in [2.05, 4.69) is 20.6 Å². The van der Waals surface area contributed by atoms with Crippen LogP contribution >= 0.6 is 0 Å². The number of imidazole rings is 1. The monoisotopic (exact) mass is 420 g/mol. The standard InChI is InChI=1S/C23H28N6O2/c1-15-12-28(14-24-15)20-9-8-17(11-22(20)31-2)19-13-29(27-26-19)21-10-7-16-5-3-4-6-18(16)25-23(21)30/h8-9,11-14,16,18,21H,3-7,10H2,1-2H3,(H,25,30). The number of methoxy groups -OCH3 is 1. The lowest BCUT2D eigenvalue weighted by Gasteiger charge is -2.29. The van der Waals surface area contributed by atoms with Crippen LogP contribution in [0.3, 0.4) is 0 Å². The fourth-order valence-electron chi connectivity index (χ4n) is 4.94. The highest BCUT2D eigenvalue weighted by molar-refractivity contribution is 5.81. The Balaban J connectivity index is 1.39. The number of benzene rings is 1. The van der Waals surface area contributed by atoms with E-state index in [0.29, 0.717) is 12.0 Å². The molecule has 3 heterocycles. The Bertz CT molecular complexity index is 1090. The van der Waals surface area contributed by atoms with Crippen LogP contribution in [0.5, 0.6) is 5.75 Å². The van der Waals surface area contributed by atoms with E-state index in [9.17, 15) is 4.79 Å². The third kappa shape index (κ3) is 3.82. The van der Waals surface area contributed by atoms with Gasteiger partial charge in [-0.1, -0.05) is 24.1 Å². The second-order valence-corrected chi connectivity index (χ2v) is 8.65. The Kier molecular flexibility index (Phi) is 5.21. The first-order valence-corrected chi connectivity index (χ1v) is 11.0. The predicted octanol–water partition coefficient (Wildman–Crippen LogP) is 3.46. The number of ether oxygens (including phenoxy) is 1.